The monoisotopic (exact) mass is 257 g/mol. The fourth-order valence-electron chi connectivity index (χ4n) is 2.64. The Morgan fingerprint density at radius 2 is 2.16 bits per heavy atom. The zero-order chi connectivity index (χ0) is 13.4. The van der Waals surface area contributed by atoms with Gasteiger partial charge in [-0.1, -0.05) is 0 Å². The van der Waals surface area contributed by atoms with Gasteiger partial charge < -0.3 is 9.88 Å². The SMILES string of the molecule is Cc1nc(-c2ncc(C)[nH]2)cc([C@@H]2CCN(C)C2)n1. The van der Waals surface area contributed by atoms with Crippen LogP contribution in [0.2, 0.25) is 0 Å². The van der Waals surface area contributed by atoms with E-state index in [0.29, 0.717) is 5.92 Å². The molecule has 100 valence electrons. The average Bonchev–Trinajstić information content (AvgIpc) is 2.97. The Hall–Kier alpha value is -1.75. The van der Waals surface area contributed by atoms with Gasteiger partial charge in [-0.2, -0.15) is 0 Å². The van der Waals surface area contributed by atoms with Crippen molar-refractivity contribution in [2.45, 2.75) is 26.2 Å². The quantitative estimate of drug-likeness (QED) is 0.892. The van der Waals surface area contributed by atoms with Gasteiger partial charge in [0.05, 0.1) is 0 Å². The summed E-state index contributed by atoms with van der Waals surface area (Å²) in [6.45, 7) is 6.16. The molecule has 3 heterocycles. The van der Waals surface area contributed by atoms with Crippen molar-refractivity contribution in [2.24, 2.45) is 0 Å². The van der Waals surface area contributed by atoms with E-state index in [4.69, 9.17) is 0 Å². The van der Waals surface area contributed by atoms with Crippen molar-refractivity contribution in [1.29, 1.82) is 0 Å². The average molecular weight is 257 g/mol. The predicted octanol–water partition coefficient (Wildman–Crippen LogP) is 1.90. The van der Waals surface area contributed by atoms with Gasteiger partial charge in [-0.25, -0.2) is 15.0 Å². The zero-order valence-corrected chi connectivity index (χ0v) is 11.6. The lowest BCUT2D eigenvalue weighted by Crippen LogP contribution is -2.14. The summed E-state index contributed by atoms with van der Waals surface area (Å²) in [4.78, 5) is 19.0. The second kappa shape index (κ2) is 4.74. The van der Waals surface area contributed by atoms with Crippen LogP contribution in [0.5, 0.6) is 0 Å². The Morgan fingerprint density at radius 3 is 2.79 bits per heavy atom. The predicted molar refractivity (Wildman–Crippen MR) is 73.9 cm³/mol. The van der Waals surface area contributed by atoms with Crippen LogP contribution in [0.4, 0.5) is 0 Å². The number of likely N-dealkylation sites (N-methyl/N-ethyl adjacent to an activating group) is 1. The lowest BCUT2D eigenvalue weighted by Gasteiger charge is -2.11. The molecular weight excluding hydrogens is 238 g/mol. The van der Waals surface area contributed by atoms with E-state index in [1.807, 2.05) is 20.0 Å². The molecule has 2 aromatic heterocycles. The Balaban J connectivity index is 1.96. The first-order valence-corrected chi connectivity index (χ1v) is 6.68. The van der Waals surface area contributed by atoms with Crippen molar-refractivity contribution in [3.05, 3.63) is 29.5 Å². The maximum Gasteiger partial charge on any atom is 0.156 e. The minimum absolute atomic E-state index is 0.515. The van der Waals surface area contributed by atoms with E-state index in [0.717, 1.165) is 41.8 Å². The van der Waals surface area contributed by atoms with Crippen LogP contribution >= 0.6 is 0 Å². The second-order valence-corrected chi connectivity index (χ2v) is 5.39. The van der Waals surface area contributed by atoms with E-state index >= 15 is 0 Å². The first-order chi connectivity index (χ1) is 9.11. The molecule has 1 aliphatic heterocycles. The number of aromatic amines is 1. The van der Waals surface area contributed by atoms with Gasteiger partial charge >= 0.3 is 0 Å². The number of aromatic nitrogens is 4. The largest absolute Gasteiger partial charge is 0.341 e. The molecule has 1 fully saturated rings. The summed E-state index contributed by atoms with van der Waals surface area (Å²) in [5.41, 5.74) is 3.08. The Morgan fingerprint density at radius 1 is 1.32 bits per heavy atom. The number of likely N-dealkylation sites (tertiary alicyclic amines) is 1. The number of hydrogen-bond donors (Lipinski definition) is 1. The molecule has 0 unspecified atom stereocenters. The highest BCUT2D eigenvalue weighted by molar-refractivity contribution is 5.50. The molecule has 0 aromatic carbocycles. The van der Waals surface area contributed by atoms with Gasteiger partial charge in [0.25, 0.3) is 0 Å². The second-order valence-electron chi connectivity index (χ2n) is 5.39. The van der Waals surface area contributed by atoms with Crippen LogP contribution in [-0.2, 0) is 0 Å². The van der Waals surface area contributed by atoms with E-state index in [9.17, 15) is 0 Å². The molecule has 5 nitrogen and oxygen atoms in total. The summed E-state index contributed by atoms with van der Waals surface area (Å²) < 4.78 is 0. The van der Waals surface area contributed by atoms with Gasteiger partial charge in [-0.05, 0) is 39.9 Å². The molecule has 1 atom stereocenters. The van der Waals surface area contributed by atoms with Crippen LogP contribution in [-0.4, -0.2) is 45.0 Å². The maximum absolute atomic E-state index is 4.60. The number of H-pyrrole nitrogens is 1. The lowest BCUT2D eigenvalue weighted by molar-refractivity contribution is 0.410. The molecule has 0 saturated carbocycles. The van der Waals surface area contributed by atoms with Gasteiger partial charge in [0.1, 0.15) is 11.5 Å². The highest BCUT2D eigenvalue weighted by atomic mass is 15.1. The fourth-order valence-corrected chi connectivity index (χ4v) is 2.64. The minimum Gasteiger partial charge on any atom is -0.341 e. The van der Waals surface area contributed by atoms with E-state index in [1.54, 1.807) is 0 Å². The first-order valence-electron chi connectivity index (χ1n) is 6.68. The summed E-state index contributed by atoms with van der Waals surface area (Å²) in [5.74, 6) is 2.16. The van der Waals surface area contributed by atoms with Crippen LogP contribution in [0.15, 0.2) is 12.3 Å². The topological polar surface area (TPSA) is 57.7 Å². The third-order valence-corrected chi connectivity index (χ3v) is 3.61. The first kappa shape index (κ1) is 12.3. The van der Waals surface area contributed by atoms with Crippen LogP contribution in [0.1, 0.15) is 29.6 Å². The molecule has 1 N–H and O–H groups in total. The maximum atomic E-state index is 4.60. The van der Waals surface area contributed by atoms with Crippen molar-refractivity contribution in [1.82, 2.24) is 24.8 Å². The van der Waals surface area contributed by atoms with Gasteiger partial charge in [0.2, 0.25) is 0 Å². The number of aryl methyl sites for hydroxylation is 2. The van der Waals surface area contributed by atoms with E-state index in [1.165, 1.54) is 6.42 Å². The molecule has 2 aromatic rings. The molecule has 1 aliphatic rings. The summed E-state index contributed by atoms with van der Waals surface area (Å²) >= 11 is 0. The highest BCUT2D eigenvalue weighted by Crippen LogP contribution is 2.26. The van der Waals surface area contributed by atoms with Gasteiger partial charge in [0.15, 0.2) is 5.82 Å². The molecule has 3 rings (SSSR count). The number of nitrogens with zero attached hydrogens (tertiary/aromatic N) is 4. The number of hydrogen-bond acceptors (Lipinski definition) is 4. The molecule has 5 heteroatoms. The van der Waals surface area contributed by atoms with E-state index in [2.05, 4.69) is 37.9 Å². The lowest BCUT2D eigenvalue weighted by atomic mass is 10.0. The minimum atomic E-state index is 0.515. The van der Waals surface area contributed by atoms with Crippen molar-refractivity contribution in [2.75, 3.05) is 20.1 Å². The van der Waals surface area contributed by atoms with Crippen molar-refractivity contribution >= 4 is 0 Å². The molecular formula is C14H19N5. The third kappa shape index (κ3) is 2.51. The molecule has 0 bridgehead atoms. The fraction of sp³-hybridized carbons (Fsp3) is 0.500. The van der Waals surface area contributed by atoms with Crippen molar-refractivity contribution in [3.63, 3.8) is 0 Å². The van der Waals surface area contributed by atoms with Gasteiger partial charge in [-0.15, -0.1) is 0 Å². The molecule has 0 amide bonds. The van der Waals surface area contributed by atoms with Gasteiger partial charge in [-0.3, -0.25) is 0 Å². The van der Waals surface area contributed by atoms with E-state index < -0.39 is 0 Å². The molecule has 0 aliphatic carbocycles. The summed E-state index contributed by atoms with van der Waals surface area (Å²) in [5, 5.41) is 0. The van der Waals surface area contributed by atoms with Crippen molar-refractivity contribution in [3.8, 4) is 11.5 Å². The van der Waals surface area contributed by atoms with Gasteiger partial charge in [0, 0.05) is 30.0 Å². The van der Waals surface area contributed by atoms with Crippen LogP contribution in [0.3, 0.4) is 0 Å². The highest BCUT2D eigenvalue weighted by Gasteiger charge is 2.23. The smallest absolute Gasteiger partial charge is 0.156 e. The molecule has 19 heavy (non-hydrogen) atoms. The summed E-state index contributed by atoms with van der Waals surface area (Å²) in [6.07, 6.45) is 3.00. The summed E-state index contributed by atoms with van der Waals surface area (Å²) in [7, 11) is 2.16. The summed E-state index contributed by atoms with van der Waals surface area (Å²) in [6, 6.07) is 2.08. The zero-order valence-electron chi connectivity index (χ0n) is 11.6. The molecule has 0 spiro atoms. The number of rotatable bonds is 2. The van der Waals surface area contributed by atoms with Crippen molar-refractivity contribution < 1.29 is 0 Å². The molecule has 1 saturated heterocycles. The van der Waals surface area contributed by atoms with Crippen LogP contribution in [0.25, 0.3) is 11.5 Å². The van der Waals surface area contributed by atoms with E-state index in [-0.39, 0.29) is 0 Å². The number of imidazole rings is 1. The Labute approximate surface area is 113 Å². The third-order valence-electron chi connectivity index (χ3n) is 3.61. The molecule has 0 radical (unpaired) electrons. The Kier molecular flexibility index (Phi) is 3.06. The normalized spacial score (nSPS) is 20.1. The number of nitrogens with one attached hydrogen (secondary N) is 1. The van der Waals surface area contributed by atoms with Crippen LogP contribution in [0, 0.1) is 13.8 Å². The standard InChI is InChI=1S/C14H19N5/c1-9-7-15-14(16-9)13-6-12(17-10(2)18-13)11-4-5-19(3)8-11/h6-7,11H,4-5,8H2,1-3H3,(H,15,16)/t11-/m1/s1. The Bertz CT molecular complexity index is 589. The van der Waals surface area contributed by atoms with Crippen LogP contribution < -0.4 is 0 Å².